The molecule has 4 nitrogen and oxygen atoms in total. The van der Waals surface area contributed by atoms with Crippen LogP contribution in [0.3, 0.4) is 0 Å². The Labute approximate surface area is 118 Å². The third-order valence-corrected chi connectivity index (χ3v) is 4.05. The molecule has 1 heterocycles. The summed E-state index contributed by atoms with van der Waals surface area (Å²) in [5.41, 5.74) is 8.87. The van der Waals surface area contributed by atoms with Crippen molar-refractivity contribution in [1.82, 2.24) is 9.78 Å². The SMILES string of the molecule is Cc1c(N)nn(C(=O)C(C)c2ccccc2)c1C1CC1. The van der Waals surface area contributed by atoms with E-state index in [9.17, 15) is 4.79 Å². The third-order valence-electron chi connectivity index (χ3n) is 4.05. The minimum absolute atomic E-state index is 0.00194. The Balaban J connectivity index is 1.97. The van der Waals surface area contributed by atoms with E-state index in [-0.39, 0.29) is 11.8 Å². The van der Waals surface area contributed by atoms with E-state index in [1.807, 2.05) is 44.2 Å². The van der Waals surface area contributed by atoms with E-state index < -0.39 is 0 Å². The Morgan fingerprint density at radius 3 is 2.60 bits per heavy atom. The largest absolute Gasteiger partial charge is 0.382 e. The highest BCUT2D eigenvalue weighted by atomic mass is 16.2. The number of benzene rings is 1. The second-order valence-electron chi connectivity index (χ2n) is 5.55. The van der Waals surface area contributed by atoms with Crippen LogP contribution in [0.5, 0.6) is 0 Å². The summed E-state index contributed by atoms with van der Waals surface area (Å²) in [7, 11) is 0. The molecule has 4 heteroatoms. The molecule has 1 aliphatic rings. The van der Waals surface area contributed by atoms with Gasteiger partial charge in [-0.25, -0.2) is 4.68 Å². The first kappa shape index (κ1) is 12.9. The molecule has 1 aromatic carbocycles. The monoisotopic (exact) mass is 269 g/mol. The van der Waals surface area contributed by atoms with Crippen molar-refractivity contribution in [3.63, 3.8) is 0 Å². The lowest BCUT2D eigenvalue weighted by Crippen LogP contribution is -2.21. The van der Waals surface area contributed by atoms with Crippen LogP contribution in [0.4, 0.5) is 5.82 Å². The quantitative estimate of drug-likeness (QED) is 0.931. The lowest BCUT2D eigenvalue weighted by atomic mass is 10.0. The van der Waals surface area contributed by atoms with E-state index in [2.05, 4.69) is 5.10 Å². The van der Waals surface area contributed by atoms with Gasteiger partial charge in [0.2, 0.25) is 0 Å². The molecule has 0 radical (unpaired) electrons. The van der Waals surface area contributed by atoms with Gasteiger partial charge in [0.05, 0.1) is 11.6 Å². The lowest BCUT2D eigenvalue weighted by Gasteiger charge is -2.13. The summed E-state index contributed by atoms with van der Waals surface area (Å²) in [6.07, 6.45) is 2.25. The normalized spacial score (nSPS) is 16.1. The zero-order chi connectivity index (χ0) is 14.3. The number of nitrogens with zero attached hydrogens (tertiary/aromatic N) is 2. The lowest BCUT2D eigenvalue weighted by molar-refractivity contribution is 0.0864. The van der Waals surface area contributed by atoms with Crippen LogP contribution in [0.15, 0.2) is 30.3 Å². The highest BCUT2D eigenvalue weighted by Gasteiger charge is 2.33. The fourth-order valence-corrected chi connectivity index (χ4v) is 2.60. The Morgan fingerprint density at radius 1 is 1.35 bits per heavy atom. The van der Waals surface area contributed by atoms with Gasteiger partial charge in [0, 0.05) is 11.5 Å². The van der Waals surface area contributed by atoms with Gasteiger partial charge < -0.3 is 5.73 Å². The van der Waals surface area contributed by atoms with E-state index in [1.54, 1.807) is 4.68 Å². The van der Waals surface area contributed by atoms with Crippen molar-refractivity contribution in [2.45, 2.75) is 38.5 Å². The molecule has 0 saturated heterocycles. The number of carbonyl (C=O) groups excluding carboxylic acids is 1. The van der Waals surface area contributed by atoms with E-state index in [4.69, 9.17) is 5.73 Å². The van der Waals surface area contributed by atoms with Crippen molar-refractivity contribution in [2.75, 3.05) is 5.73 Å². The molecule has 0 spiro atoms. The molecule has 0 bridgehead atoms. The molecule has 104 valence electrons. The molecular weight excluding hydrogens is 250 g/mol. The van der Waals surface area contributed by atoms with Gasteiger partial charge >= 0.3 is 0 Å². The van der Waals surface area contributed by atoms with Crippen molar-refractivity contribution < 1.29 is 4.79 Å². The summed E-state index contributed by atoms with van der Waals surface area (Å²) in [6.45, 7) is 3.87. The van der Waals surface area contributed by atoms with Gasteiger partial charge in [0.25, 0.3) is 5.91 Å². The standard InChI is InChI=1S/C16H19N3O/c1-10(12-6-4-3-5-7-12)16(20)19-14(13-8-9-13)11(2)15(17)18-19/h3-7,10,13H,8-9H2,1-2H3,(H2,17,18). The second kappa shape index (κ2) is 4.78. The van der Waals surface area contributed by atoms with Crippen molar-refractivity contribution >= 4 is 11.7 Å². The molecule has 0 amide bonds. The Hall–Kier alpha value is -2.10. The van der Waals surface area contributed by atoms with Crippen molar-refractivity contribution in [3.8, 4) is 0 Å². The van der Waals surface area contributed by atoms with Gasteiger partial charge in [-0.3, -0.25) is 4.79 Å². The summed E-state index contributed by atoms with van der Waals surface area (Å²) >= 11 is 0. The fourth-order valence-electron chi connectivity index (χ4n) is 2.60. The highest BCUT2D eigenvalue weighted by Crippen LogP contribution is 2.43. The third kappa shape index (κ3) is 2.11. The second-order valence-corrected chi connectivity index (χ2v) is 5.55. The predicted molar refractivity (Wildman–Crippen MR) is 78.8 cm³/mol. The number of hydrogen-bond donors (Lipinski definition) is 1. The first-order valence-electron chi connectivity index (χ1n) is 7.03. The maximum Gasteiger partial charge on any atom is 0.254 e. The van der Waals surface area contributed by atoms with E-state index in [0.717, 1.165) is 29.7 Å². The molecule has 0 aliphatic heterocycles. The predicted octanol–water partition coefficient (Wildman–Crippen LogP) is 3.10. The minimum Gasteiger partial charge on any atom is -0.382 e. The van der Waals surface area contributed by atoms with Crippen molar-refractivity contribution in [3.05, 3.63) is 47.2 Å². The van der Waals surface area contributed by atoms with Crippen LogP contribution in [0.2, 0.25) is 0 Å². The summed E-state index contributed by atoms with van der Waals surface area (Å²) in [4.78, 5) is 12.7. The van der Waals surface area contributed by atoms with Crippen LogP contribution < -0.4 is 5.73 Å². The number of hydrogen-bond acceptors (Lipinski definition) is 3. The molecule has 1 aromatic heterocycles. The maximum atomic E-state index is 12.7. The van der Waals surface area contributed by atoms with Crippen LogP contribution >= 0.6 is 0 Å². The fraction of sp³-hybridized carbons (Fsp3) is 0.375. The van der Waals surface area contributed by atoms with Crippen LogP contribution in [0.25, 0.3) is 0 Å². The first-order chi connectivity index (χ1) is 9.59. The van der Waals surface area contributed by atoms with Crippen LogP contribution in [0, 0.1) is 6.92 Å². The molecule has 2 aromatic rings. The average molecular weight is 269 g/mol. The van der Waals surface area contributed by atoms with Crippen molar-refractivity contribution in [1.29, 1.82) is 0 Å². The van der Waals surface area contributed by atoms with Crippen LogP contribution in [-0.2, 0) is 0 Å². The highest BCUT2D eigenvalue weighted by molar-refractivity contribution is 5.86. The van der Waals surface area contributed by atoms with E-state index >= 15 is 0 Å². The minimum atomic E-state index is -0.215. The van der Waals surface area contributed by atoms with Crippen LogP contribution in [-0.4, -0.2) is 15.7 Å². The average Bonchev–Trinajstić information content (AvgIpc) is 3.26. The number of nitrogen functional groups attached to an aromatic ring is 1. The summed E-state index contributed by atoms with van der Waals surface area (Å²) in [5.74, 6) is 0.706. The Morgan fingerprint density at radius 2 is 2.00 bits per heavy atom. The molecule has 1 saturated carbocycles. The first-order valence-corrected chi connectivity index (χ1v) is 7.03. The van der Waals surface area contributed by atoms with Gasteiger partial charge in [-0.15, -0.1) is 5.10 Å². The van der Waals surface area contributed by atoms with Gasteiger partial charge in [-0.05, 0) is 32.3 Å². The zero-order valence-corrected chi connectivity index (χ0v) is 11.8. The summed E-state index contributed by atoms with van der Waals surface area (Å²) < 4.78 is 1.54. The molecule has 20 heavy (non-hydrogen) atoms. The zero-order valence-electron chi connectivity index (χ0n) is 11.8. The molecule has 2 N–H and O–H groups in total. The summed E-state index contributed by atoms with van der Waals surface area (Å²) in [6, 6.07) is 9.79. The Bertz CT molecular complexity index is 641. The smallest absolute Gasteiger partial charge is 0.254 e. The number of carbonyl (C=O) groups is 1. The van der Waals surface area contributed by atoms with E-state index in [0.29, 0.717) is 11.7 Å². The molecule has 3 rings (SSSR count). The van der Waals surface area contributed by atoms with Gasteiger partial charge in [0.1, 0.15) is 5.82 Å². The number of rotatable bonds is 3. The topological polar surface area (TPSA) is 60.9 Å². The van der Waals surface area contributed by atoms with E-state index in [1.165, 1.54) is 0 Å². The number of aromatic nitrogens is 2. The summed E-state index contributed by atoms with van der Waals surface area (Å²) in [5, 5.41) is 4.26. The van der Waals surface area contributed by atoms with Gasteiger partial charge in [0.15, 0.2) is 0 Å². The molecular formula is C16H19N3O. The van der Waals surface area contributed by atoms with Crippen molar-refractivity contribution in [2.24, 2.45) is 0 Å². The Kier molecular flexibility index (Phi) is 3.08. The maximum absolute atomic E-state index is 12.7. The van der Waals surface area contributed by atoms with Gasteiger partial charge in [-0.1, -0.05) is 30.3 Å². The van der Waals surface area contributed by atoms with Gasteiger partial charge in [-0.2, -0.15) is 0 Å². The molecule has 1 atom stereocenters. The molecule has 1 aliphatic carbocycles. The number of nitrogens with two attached hydrogens (primary N) is 1. The number of anilines is 1. The molecule has 1 unspecified atom stereocenters. The van der Waals surface area contributed by atoms with Crippen LogP contribution in [0.1, 0.15) is 53.2 Å². The molecule has 1 fully saturated rings.